The van der Waals surface area contributed by atoms with E-state index in [2.05, 4.69) is 20.3 Å². The predicted octanol–water partition coefficient (Wildman–Crippen LogP) is 2.33. The fourth-order valence-corrected chi connectivity index (χ4v) is 2.56. The molecule has 0 saturated heterocycles. The summed E-state index contributed by atoms with van der Waals surface area (Å²) in [7, 11) is 0. The number of pyridine rings is 1. The third kappa shape index (κ3) is 5.32. The molecule has 0 saturated carbocycles. The van der Waals surface area contributed by atoms with Crippen LogP contribution in [0.2, 0.25) is 0 Å². The number of benzene rings is 1. The van der Waals surface area contributed by atoms with Crippen LogP contribution in [-0.4, -0.2) is 50.4 Å². The number of rotatable bonds is 8. The minimum absolute atomic E-state index is 0.00683. The molecule has 8 nitrogen and oxygen atoms in total. The molecule has 0 radical (unpaired) electrons. The van der Waals surface area contributed by atoms with Crippen LogP contribution in [0.4, 0.5) is 18.9 Å². The number of nitrogens with one attached hydrogen (secondary N) is 1. The Morgan fingerprint density at radius 3 is 2.58 bits per heavy atom. The topological polar surface area (TPSA) is 117 Å². The lowest BCUT2D eigenvalue weighted by Gasteiger charge is -2.12. The summed E-state index contributed by atoms with van der Waals surface area (Å²) in [5.74, 6) is -3.90. The first-order chi connectivity index (χ1) is 14.9. The van der Waals surface area contributed by atoms with Gasteiger partial charge in [0.2, 0.25) is 5.88 Å². The summed E-state index contributed by atoms with van der Waals surface area (Å²) in [4.78, 5) is 24.0. The van der Waals surface area contributed by atoms with Crippen molar-refractivity contribution < 1.29 is 32.9 Å². The molecule has 2 heterocycles. The zero-order valence-electron chi connectivity index (χ0n) is 15.9. The Kier molecular flexibility index (Phi) is 7.11. The molecule has 31 heavy (non-hydrogen) atoms. The van der Waals surface area contributed by atoms with E-state index in [-0.39, 0.29) is 30.3 Å². The van der Waals surface area contributed by atoms with Crippen LogP contribution in [0.1, 0.15) is 16.9 Å². The number of hydrogen-bond donors (Lipinski definition) is 3. The van der Waals surface area contributed by atoms with Gasteiger partial charge in [0.1, 0.15) is 40.9 Å². The van der Waals surface area contributed by atoms with Crippen molar-refractivity contribution in [3.63, 3.8) is 0 Å². The Bertz CT molecular complexity index is 1060. The molecule has 0 aliphatic heterocycles. The van der Waals surface area contributed by atoms with Gasteiger partial charge in [-0.2, -0.15) is 4.98 Å². The highest BCUT2D eigenvalue weighted by atomic mass is 19.1. The van der Waals surface area contributed by atoms with Crippen molar-refractivity contribution in [1.82, 2.24) is 15.0 Å². The number of carbonyl (C=O) groups is 1. The predicted molar refractivity (Wildman–Crippen MR) is 103 cm³/mol. The molecule has 1 atom stereocenters. The highest BCUT2D eigenvalue weighted by Gasteiger charge is 2.20. The van der Waals surface area contributed by atoms with Crippen molar-refractivity contribution >= 4 is 11.6 Å². The molecule has 0 aliphatic carbocycles. The smallest absolute Gasteiger partial charge is 0.274 e. The molecular weight excluding hydrogens is 417 g/mol. The molecule has 1 amide bonds. The van der Waals surface area contributed by atoms with Gasteiger partial charge in [0.25, 0.3) is 5.91 Å². The monoisotopic (exact) mass is 434 g/mol. The molecule has 0 bridgehead atoms. The van der Waals surface area contributed by atoms with Gasteiger partial charge in [0.15, 0.2) is 0 Å². The quantitative estimate of drug-likeness (QED) is 0.498. The van der Waals surface area contributed by atoms with E-state index in [0.717, 1.165) is 30.3 Å². The normalized spacial score (nSPS) is 11.8. The van der Waals surface area contributed by atoms with E-state index in [4.69, 9.17) is 9.84 Å². The molecule has 0 spiro atoms. The number of anilines is 1. The summed E-state index contributed by atoms with van der Waals surface area (Å²) >= 11 is 0. The van der Waals surface area contributed by atoms with Crippen LogP contribution in [0.3, 0.4) is 0 Å². The molecule has 3 aromatic rings. The fraction of sp³-hybridized carbons (Fsp3) is 0.200. The first kappa shape index (κ1) is 22.1. The second kappa shape index (κ2) is 9.96. The number of amides is 1. The number of aromatic nitrogens is 3. The van der Waals surface area contributed by atoms with Gasteiger partial charge in [-0.25, -0.2) is 23.1 Å². The maximum Gasteiger partial charge on any atom is 0.274 e. The minimum Gasteiger partial charge on any atom is -0.476 e. The summed E-state index contributed by atoms with van der Waals surface area (Å²) in [5, 5.41) is 20.6. The number of aliphatic hydroxyl groups is 2. The third-order valence-electron chi connectivity index (χ3n) is 4.10. The molecule has 1 aromatic carbocycles. The molecule has 2 aromatic heterocycles. The van der Waals surface area contributed by atoms with E-state index in [0.29, 0.717) is 0 Å². The van der Waals surface area contributed by atoms with Gasteiger partial charge < -0.3 is 20.3 Å². The summed E-state index contributed by atoms with van der Waals surface area (Å²) in [5.41, 5.74) is -1.61. The number of carbonyl (C=O) groups excluding carboxylic acids is 1. The number of hydrogen-bond acceptors (Lipinski definition) is 7. The van der Waals surface area contributed by atoms with E-state index in [1.54, 1.807) is 0 Å². The Balaban J connectivity index is 1.82. The van der Waals surface area contributed by atoms with Gasteiger partial charge in [-0.05, 0) is 24.3 Å². The van der Waals surface area contributed by atoms with Gasteiger partial charge in [-0.15, -0.1) is 0 Å². The Morgan fingerprint density at radius 2 is 1.87 bits per heavy atom. The summed E-state index contributed by atoms with van der Waals surface area (Å²) in [6.45, 7) is -0.439. The minimum atomic E-state index is -1.03. The number of ether oxygens (including phenoxy) is 1. The Morgan fingerprint density at radius 1 is 1.13 bits per heavy atom. The fourth-order valence-electron chi connectivity index (χ4n) is 2.56. The van der Waals surface area contributed by atoms with Crippen molar-refractivity contribution in [2.24, 2.45) is 0 Å². The summed E-state index contributed by atoms with van der Waals surface area (Å²) in [6.07, 6.45) is 1.55. The first-order valence-corrected chi connectivity index (χ1v) is 9.04. The van der Waals surface area contributed by atoms with Crippen molar-refractivity contribution in [2.45, 2.75) is 12.5 Å². The van der Waals surface area contributed by atoms with Crippen molar-refractivity contribution in [1.29, 1.82) is 0 Å². The van der Waals surface area contributed by atoms with Crippen LogP contribution in [-0.2, 0) is 0 Å². The standard InChI is InChI=1S/C20H17F3N4O4/c21-12-2-1-3-13(22)17(12)18-14(23)4-5-15(26-18)19(30)27-16-8-24-10-25-20(16)31-7-6-11(29)9-28/h1-5,8,10-11,28-29H,6-7,9H2,(H,27,30). The van der Waals surface area contributed by atoms with E-state index >= 15 is 0 Å². The highest BCUT2D eigenvalue weighted by Crippen LogP contribution is 2.27. The van der Waals surface area contributed by atoms with E-state index in [1.807, 2.05) is 0 Å². The van der Waals surface area contributed by atoms with E-state index in [9.17, 15) is 23.1 Å². The van der Waals surface area contributed by atoms with Crippen molar-refractivity contribution in [3.8, 4) is 17.1 Å². The van der Waals surface area contributed by atoms with Crippen LogP contribution in [0.5, 0.6) is 5.88 Å². The van der Waals surface area contributed by atoms with Gasteiger partial charge in [0, 0.05) is 6.42 Å². The third-order valence-corrected chi connectivity index (χ3v) is 4.10. The first-order valence-electron chi connectivity index (χ1n) is 9.04. The van der Waals surface area contributed by atoms with Crippen LogP contribution < -0.4 is 10.1 Å². The highest BCUT2D eigenvalue weighted by molar-refractivity contribution is 6.03. The SMILES string of the molecule is O=C(Nc1cncnc1OCCC(O)CO)c1ccc(F)c(-c2c(F)cccc2F)n1. The lowest BCUT2D eigenvalue weighted by molar-refractivity contribution is 0.0748. The van der Waals surface area contributed by atoms with Crippen molar-refractivity contribution in [3.05, 3.63) is 66.0 Å². The average Bonchev–Trinajstić information content (AvgIpc) is 2.75. The number of halogens is 3. The zero-order chi connectivity index (χ0) is 22.4. The van der Waals surface area contributed by atoms with E-state index in [1.165, 1.54) is 12.5 Å². The lowest BCUT2D eigenvalue weighted by atomic mass is 10.1. The molecule has 3 rings (SSSR count). The molecule has 3 N–H and O–H groups in total. The van der Waals surface area contributed by atoms with Gasteiger partial charge in [-0.1, -0.05) is 6.07 Å². The number of aliphatic hydroxyl groups excluding tert-OH is 2. The summed E-state index contributed by atoms with van der Waals surface area (Å²) in [6, 6.07) is 4.95. The Hall–Kier alpha value is -3.57. The van der Waals surface area contributed by atoms with Gasteiger partial charge >= 0.3 is 0 Å². The molecule has 0 aliphatic rings. The lowest BCUT2D eigenvalue weighted by Crippen LogP contribution is -2.18. The largest absolute Gasteiger partial charge is 0.476 e. The zero-order valence-corrected chi connectivity index (χ0v) is 15.9. The molecule has 0 fully saturated rings. The van der Waals surface area contributed by atoms with Crippen LogP contribution in [0.25, 0.3) is 11.3 Å². The van der Waals surface area contributed by atoms with E-state index < -0.39 is 47.3 Å². The molecule has 11 heteroatoms. The average molecular weight is 434 g/mol. The number of nitrogens with zero attached hydrogens (tertiary/aromatic N) is 3. The Labute approximate surface area is 174 Å². The second-order valence-corrected chi connectivity index (χ2v) is 6.29. The van der Waals surface area contributed by atoms with Gasteiger partial charge in [0.05, 0.1) is 31.1 Å². The second-order valence-electron chi connectivity index (χ2n) is 6.29. The molecule has 162 valence electrons. The van der Waals surface area contributed by atoms with Crippen LogP contribution >= 0.6 is 0 Å². The molecular formula is C20H17F3N4O4. The summed E-state index contributed by atoms with van der Waals surface area (Å²) < 4.78 is 47.6. The maximum absolute atomic E-state index is 14.2. The van der Waals surface area contributed by atoms with Crippen molar-refractivity contribution in [2.75, 3.05) is 18.5 Å². The molecule has 1 unspecified atom stereocenters. The van der Waals surface area contributed by atoms with Gasteiger partial charge in [-0.3, -0.25) is 4.79 Å². The van der Waals surface area contributed by atoms with Crippen LogP contribution in [0.15, 0.2) is 42.9 Å². The van der Waals surface area contributed by atoms with Crippen LogP contribution in [0, 0.1) is 17.5 Å². The maximum atomic E-state index is 14.2.